The van der Waals surface area contributed by atoms with Gasteiger partial charge in [0.05, 0.1) is 5.69 Å². The third-order valence-corrected chi connectivity index (χ3v) is 6.71. The van der Waals surface area contributed by atoms with Crippen molar-refractivity contribution in [2.24, 2.45) is 5.41 Å². The van der Waals surface area contributed by atoms with E-state index in [1.165, 1.54) is 24.9 Å². The smallest absolute Gasteiger partial charge is 0.252 e. The Hall–Kier alpha value is -2.89. The van der Waals surface area contributed by atoms with E-state index in [9.17, 15) is 24.9 Å². The van der Waals surface area contributed by atoms with Gasteiger partial charge in [-0.3, -0.25) is 9.59 Å². The van der Waals surface area contributed by atoms with Gasteiger partial charge >= 0.3 is 0 Å². The summed E-state index contributed by atoms with van der Waals surface area (Å²) in [5, 5.41) is 36.6. The number of rotatable bonds is 9. The van der Waals surface area contributed by atoms with Crippen LogP contribution in [-0.4, -0.2) is 70.5 Å². The van der Waals surface area contributed by atoms with Crippen molar-refractivity contribution in [2.45, 2.75) is 56.1 Å². The predicted molar refractivity (Wildman–Crippen MR) is 142 cm³/mol. The molecule has 0 radical (unpaired) electrons. The zero-order chi connectivity index (χ0) is 27.2. The molecule has 2 aromatic carbocycles. The van der Waals surface area contributed by atoms with Gasteiger partial charge in [-0.1, -0.05) is 57.2 Å². The van der Waals surface area contributed by atoms with Crippen LogP contribution in [0.15, 0.2) is 65.6 Å². The lowest BCUT2D eigenvalue weighted by atomic mass is 9.94. The molecule has 0 aromatic heterocycles. The number of nitrogens with one attached hydrogen (secondary N) is 2. The van der Waals surface area contributed by atoms with Gasteiger partial charge < -0.3 is 35.4 Å². The summed E-state index contributed by atoms with van der Waals surface area (Å²) in [7, 11) is 1.20. The van der Waals surface area contributed by atoms with Crippen LogP contribution in [0.1, 0.15) is 20.8 Å². The molecule has 9 nitrogen and oxygen atoms in total. The van der Waals surface area contributed by atoms with Crippen molar-refractivity contribution in [3.63, 3.8) is 0 Å². The van der Waals surface area contributed by atoms with Crippen molar-refractivity contribution in [1.82, 2.24) is 5.32 Å². The van der Waals surface area contributed by atoms with Crippen molar-refractivity contribution < 1.29 is 34.4 Å². The van der Waals surface area contributed by atoms with Gasteiger partial charge in [0.1, 0.15) is 30.1 Å². The molecule has 0 fully saturated rings. The minimum atomic E-state index is -1.74. The number of para-hydroxylation sites is 2. The summed E-state index contributed by atoms with van der Waals surface area (Å²) >= 11 is 1.36. The number of ether oxygens (including phenoxy) is 2. The quantitative estimate of drug-likeness (QED) is 0.312. The molecule has 5 N–H and O–H groups in total. The number of methoxy groups -OCH3 is 1. The highest BCUT2D eigenvalue weighted by Crippen LogP contribution is 2.39. The lowest BCUT2D eigenvalue weighted by Crippen LogP contribution is -2.55. The first-order valence-electron chi connectivity index (χ1n) is 11.9. The molecule has 0 bridgehead atoms. The number of aliphatic hydroxyl groups is 3. The molecule has 37 heavy (non-hydrogen) atoms. The zero-order valence-electron chi connectivity index (χ0n) is 21.3. The average Bonchev–Trinajstić information content (AvgIpc) is 3.01. The fourth-order valence-corrected chi connectivity index (χ4v) is 4.61. The minimum Gasteiger partial charge on any atom is -0.455 e. The minimum absolute atomic E-state index is 0.214. The first-order chi connectivity index (χ1) is 17.5. The summed E-state index contributed by atoms with van der Waals surface area (Å²) in [5.41, 5.74) is 0.239. The van der Waals surface area contributed by atoms with E-state index in [0.29, 0.717) is 17.2 Å². The zero-order valence-corrected chi connectivity index (χ0v) is 22.1. The summed E-state index contributed by atoms with van der Waals surface area (Å²) in [6.45, 7) is 5.74. The average molecular weight is 531 g/mol. The number of fused-ring (bicyclic) bond motifs is 1. The van der Waals surface area contributed by atoms with Gasteiger partial charge in [-0.2, -0.15) is 0 Å². The summed E-state index contributed by atoms with van der Waals surface area (Å²) < 4.78 is 11.1. The molecule has 1 aliphatic rings. The van der Waals surface area contributed by atoms with Gasteiger partial charge in [-0.25, -0.2) is 0 Å². The molecular formula is C27H34N2O7S. The van der Waals surface area contributed by atoms with Gasteiger partial charge in [-0.05, 0) is 29.7 Å². The maximum Gasteiger partial charge on any atom is 0.252 e. The second kappa shape index (κ2) is 12.6. The molecule has 0 unspecified atom stereocenters. The van der Waals surface area contributed by atoms with Crippen molar-refractivity contribution in [1.29, 1.82) is 0 Å². The SMILES string of the molecule is CO[C@@H](C(=O)N[C@H]1CSc2cccc(Oc3ccccc3)c2NC1=O)[C@H](O)[C@@H](O)[C@H](O)C=CC(C)(C)C. The van der Waals surface area contributed by atoms with Gasteiger partial charge in [0.25, 0.3) is 5.91 Å². The highest BCUT2D eigenvalue weighted by atomic mass is 32.2. The Bertz CT molecular complexity index is 1100. The summed E-state index contributed by atoms with van der Waals surface area (Å²) in [5.74, 6) is 0.0162. The van der Waals surface area contributed by atoms with Crippen LogP contribution in [-0.2, 0) is 14.3 Å². The van der Waals surface area contributed by atoms with Crippen LogP contribution in [0.3, 0.4) is 0 Å². The number of benzene rings is 2. The van der Waals surface area contributed by atoms with Crippen LogP contribution >= 0.6 is 11.8 Å². The topological polar surface area (TPSA) is 137 Å². The van der Waals surface area contributed by atoms with Crippen LogP contribution in [0, 0.1) is 5.41 Å². The molecule has 5 atom stereocenters. The predicted octanol–water partition coefficient (Wildman–Crippen LogP) is 2.71. The number of aliphatic hydroxyl groups excluding tert-OH is 3. The number of amides is 2. The highest BCUT2D eigenvalue weighted by molar-refractivity contribution is 7.99. The molecule has 0 saturated carbocycles. The van der Waals surface area contributed by atoms with E-state index in [-0.39, 0.29) is 11.2 Å². The monoisotopic (exact) mass is 530 g/mol. The first kappa shape index (κ1) is 28.7. The molecule has 0 spiro atoms. The molecule has 2 amide bonds. The van der Waals surface area contributed by atoms with Crippen LogP contribution in [0.2, 0.25) is 0 Å². The standard InChI is InChI=1S/C27H34N2O7S/c1-27(2,3)14-13-18(30)22(31)23(32)24(35-4)26(34)28-17-15-37-20-12-8-11-19(21(20)29-25(17)33)36-16-9-6-5-7-10-16/h5-14,17-18,22-24,30-32H,15H2,1-4H3,(H,28,34)(H,29,33)/t17-,18+,22-,23+,24+/m0/s1. The number of carbonyl (C=O) groups excluding carboxylic acids is 2. The van der Waals surface area contributed by atoms with E-state index in [0.717, 1.165) is 4.90 Å². The molecule has 10 heteroatoms. The van der Waals surface area contributed by atoms with Crippen LogP contribution in [0.4, 0.5) is 5.69 Å². The number of carbonyl (C=O) groups is 2. The normalized spacial score (nSPS) is 19.2. The second-order valence-corrected chi connectivity index (χ2v) is 10.8. The molecule has 200 valence electrons. The van der Waals surface area contributed by atoms with E-state index in [4.69, 9.17) is 9.47 Å². The molecule has 3 rings (SSSR count). The van der Waals surface area contributed by atoms with E-state index in [2.05, 4.69) is 10.6 Å². The molecule has 1 aliphatic heterocycles. The second-order valence-electron chi connectivity index (χ2n) is 9.76. The Morgan fingerprint density at radius 3 is 2.46 bits per heavy atom. The highest BCUT2D eigenvalue weighted by Gasteiger charge is 2.37. The largest absolute Gasteiger partial charge is 0.455 e. The molecule has 0 aliphatic carbocycles. The van der Waals surface area contributed by atoms with E-state index < -0.39 is 42.3 Å². The van der Waals surface area contributed by atoms with Gasteiger partial charge in [0.15, 0.2) is 11.9 Å². The van der Waals surface area contributed by atoms with Gasteiger partial charge in [0, 0.05) is 17.8 Å². The maximum atomic E-state index is 13.0. The van der Waals surface area contributed by atoms with Crippen LogP contribution in [0.25, 0.3) is 0 Å². The Morgan fingerprint density at radius 1 is 1.11 bits per heavy atom. The van der Waals surface area contributed by atoms with E-state index in [1.54, 1.807) is 24.3 Å². The van der Waals surface area contributed by atoms with E-state index >= 15 is 0 Å². The molecule has 1 heterocycles. The third-order valence-electron chi connectivity index (χ3n) is 5.56. The Labute approximate surface area is 220 Å². The summed E-state index contributed by atoms with van der Waals surface area (Å²) in [6, 6.07) is 13.6. The fraction of sp³-hybridized carbons (Fsp3) is 0.407. The van der Waals surface area contributed by atoms with Crippen LogP contribution in [0.5, 0.6) is 11.5 Å². The van der Waals surface area contributed by atoms with Crippen molar-refractivity contribution in [2.75, 3.05) is 18.2 Å². The Kier molecular flexibility index (Phi) is 9.74. The van der Waals surface area contributed by atoms with Crippen molar-refractivity contribution >= 4 is 29.3 Å². The lowest BCUT2D eigenvalue weighted by Gasteiger charge is -2.28. The van der Waals surface area contributed by atoms with Gasteiger partial charge in [0.2, 0.25) is 5.91 Å². The number of hydrogen-bond acceptors (Lipinski definition) is 8. The Balaban J connectivity index is 1.69. The van der Waals surface area contributed by atoms with E-state index in [1.807, 2.05) is 51.1 Å². The molecular weight excluding hydrogens is 496 g/mol. The summed E-state index contributed by atoms with van der Waals surface area (Å²) in [6.07, 6.45) is -3.32. The third kappa shape index (κ3) is 7.80. The Morgan fingerprint density at radius 2 is 1.81 bits per heavy atom. The maximum absolute atomic E-state index is 13.0. The molecule has 0 saturated heterocycles. The number of allylic oxidation sites excluding steroid dienone is 1. The van der Waals surface area contributed by atoms with Gasteiger partial charge in [-0.15, -0.1) is 11.8 Å². The number of hydrogen-bond donors (Lipinski definition) is 5. The number of anilines is 1. The summed E-state index contributed by atoms with van der Waals surface area (Å²) in [4.78, 5) is 26.7. The lowest BCUT2D eigenvalue weighted by molar-refractivity contribution is -0.150. The first-order valence-corrected chi connectivity index (χ1v) is 12.8. The van der Waals surface area contributed by atoms with Crippen molar-refractivity contribution in [3.05, 3.63) is 60.7 Å². The number of thioether (sulfide) groups is 1. The van der Waals surface area contributed by atoms with Crippen LogP contribution < -0.4 is 15.4 Å². The molecule has 2 aromatic rings. The van der Waals surface area contributed by atoms with Crippen molar-refractivity contribution in [3.8, 4) is 11.5 Å². The fourth-order valence-electron chi connectivity index (χ4n) is 3.56.